The first-order valence-corrected chi connectivity index (χ1v) is 12.1. The molecule has 0 bridgehead atoms. The first-order chi connectivity index (χ1) is 15.4. The second kappa shape index (κ2) is 9.18. The van der Waals surface area contributed by atoms with Crippen molar-refractivity contribution < 1.29 is 14.6 Å². The SMILES string of the molecule is CCOC(=O)C1=C(C)N=c2sc(=Cc3ccccc3O)c(=O)n2C1c1ccc(SC)cc1. The Kier molecular flexibility index (Phi) is 6.34. The van der Waals surface area contributed by atoms with Crippen molar-refractivity contribution in [2.45, 2.75) is 24.8 Å². The molecular formula is C24H22N2O4S2. The standard InChI is InChI=1S/C24H22N2O4S2/c1-4-30-23(29)20-14(2)25-24-26(21(20)15-9-11-17(31-3)12-10-15)22(28)19(32-24)13-16-7-5-6-8-18(16)27/h5-13,21,27H,4H2,1-3H3. The maximum atomic E-state index is 13.5. The molecule has 0 saturated carbocycles. The van der Waals surface area contributed by atoms with Crippen LogP contribution < -0.4 is 14.9 Å². The average molecular weight is 467 g/mol. The van der Waals surface area contributed by atoms with Gasteiger partial charge in [0.1, 0.15) is 5.75 Å². The van der Waals surface area contributed by atoms with E-state index >= 15 is 0 Å². The lowest BCUT2D eigenvalue weighted by Crippen LogP contribution is -2.39. The summed E-state index contributed by atoms with van der Waals surface area (Å²) in [6, 6.07) is 14.0. The van der Waals surface area contributed by atoms with Gasteiger partial charge in [-0.1, -0.05) is 41.7 Å². The number of carbonyl (C=O) groups is 1. The van der Waals surface area contributed by atoms with Crippen molar-refractivity contribution in [2.24, 2.45) is 4.99 Å². The lowest BCUT2D eigenvalue weighted by atomic mass is 9.96. The fourth-order valence-electron chi connectivity index (χ4n) is 3.64. The third-order valence-electron chi connectivity index (χ3n) is 5.17. The number of nitrogens with zero attached hydrogens (tertiary/aromatic N) is 2. The van der Waals surface area contributed by atoms with E-state index in [1.54, 1.807) is 60.5 Å². The highest BCUT2D eigenvalue weighted by Crippen LogP contribution is 2.31. The quantitative estimate of drug-likeness (QED) is 0.461. The molecule has 164 valence electrons. The number of phenols is 1. The number of thioether (sulfide) groups is 1. The van der Waals surface area contributed by atoms with Gasteiger partial charge in [-0.2, -0.15) is 0 Å². The summed E-state index contributed by atoms with van der Waals surface area (Å²) in [6.07, 6.45) is 3.64. The van der Waals surface area contributed by atoms with Crippen LogP contribution in [0.1, 0.15) is 31.0 Å². The lowest BCUT2D eigenvalue weighted by Gasteiger charge is -2.24. The number of phenolic OH excluding ortho intramolecular Hbond substituents is 1. The molecule has 0 saturated heterocycles. The molecule has 4 rings (SSSR count). The van der Waals surface area contributed by atoms with Crippen LogP contribution in [-0.4, -0.2) is 28.5 Å². The zero-order chi connectivity index (χ0) is 22.8. The smallest absolute Gasteiger partial charge is 0.338 e. The Balaban J connectivity index is 1.96. The summed E-state index contributed by atoms with van der Waals surface area (Å²) >= 11 is 2.85. The maximum absolute atomic E-state index is 13.5. The molecule has 0 aliphatic carbocycles. The van der Waals surface area contributed by atoms with E-state index in [9.17, 15) is 14.7 Å². The Morgan fingerprint density at radius 3 is 2.62 bits per heavy atom. The number of aromatic nitrogens is 1. The van der Waals surface area contributed by atoms with Crippen LogP contribution in [0.15, 0.2) is 74.5 Å². The van der Waals surface area contributed by atoms with E-state index in [0.29, 0.717) is 26.2 Å². The van der Waals surface area contributed by atoms with Gasteiger partial charge in [-0.15, -0.1) is 11.8 Å². The molecule has 1 unspecified atom stereocenters. The monoisotopic (exact) mass is 466 g/mol. The number of fused-ring (bicyclic) bond motifs is 1. The van der Waals surface area contributed by atoms with Crippen LogP contribution in [0.2, 0.25) is 0 Å². The molecule has 32 heavy (non-hydrogen) atoms. The second-order valence-corrected chi connectivity index (χ2v) is 9.02. The van der Waals surface area contributed by atoms with Crippen molar-refractivity contribution in [3.05, 3.63) is 90.6 Å². The number of hydrogen-bond donors (Lipinski definition) is 1. The van der Waals surface area contributed by atoms with Crippen LogP contribution in [0.4, 0.5) is 0 Å². The van der Waals surface area contributed by atoms with Crippen LogP contribution in [0.25, 0.3) is 6.08 Å². The van der Waals surface area contributed by atoms with Gasteiger partial charge in [0.25, 0.3) is 5.56 Å². The van der Waals surface area contributed by atoms with Gasteiger partial charge in [-0.25, -0.2) is 9.79 Å². The molecule has 2 heterocycles. The molecule has 1 N–H and O–H groups in total. The predicted octanol–water partition coefficient (Wildman–Crippen LogP) is 3.23. The Labute approximate surface area is 193 Å². The molecule has 3 aromatic rings. The molecule has 0 radical (unpaired) electrons. The van der Waals surface area contributed by atoms with Crippen molar-refractivity contribution in [1.29, 1.82) is 0 Å². The fourth-order valence-corrected chi connectivity index (χ4v) is 5.09. The molecule has 6 nitrogen and oxygen atoms in total. The summed E-state index contributed by atoms with van der Waals surface area (Å²) in [4.78, 5) is 32.5. The van der Waals surface area contributed by atoms with Gasteiger partial charge in [-0.05, 0) is 49.9 Å². The van der Waals surface area contributed by atoms with Crippen molar-refractivity contribution >= 4 is 35.1 Å². The number of rotatable bonds is 5. The van der Waals surface area contributed by atoms with Crippen molar-refractivity contribution in [1.82, 2.24) is 4.57 Å². The van der Waals surface area contributed by atoms with E-state index in [4.69, 9.17) is 4.74 Å². The number of allylic oxidation sites excluding steroid dienone is 1. The van der Waals surface area contributed by atoms with Crippen LogP contribution in [0.3, 0.4) is 0 Å². The van der Waals surface area contributed by atoms with Crippen LogP contribution in [-0.2, 0) is 9.53 Å². The van der Waals surface area contributed by atoms with E-state index in [0.717, 1.165) is 10.5 Å². The number of ether oxygens (including phenoxy) is 1. The van der Waals surface area contributed by atoms with Gasteiger partial charge in [0.05, 0.1) is 28.5 Å². The molecule has 0 fully saturated rings. The Bertz CT molecular complexity index is 1380. The van der Waals surface area contributed by atoms with Crippen molar-refractivity contribution in [3.8, 4) is 5.75 Å². The van der Waals surface area contributed by atoms with Gasteiger partial charge >= 0.3 is 5.97 Å². The third-order valence-corrected chi connectivity index (χ3v) is 6.90. The largest absolute Gasteiger partial charge is 0.507 e. The lowest BCUT2D eigenvalue weighted by molar-refractivity contribution is -0.139. The molecule has 1 aliphatic rings. The van der Waals surface area contributed by atoms with Gasteiger partial charge in [0.15, 0.2) is 4.80 Å². The predicted molar refractivity (Wildman–Crippen MR) is 127 cm³/mol. The Morgan fingerprint density at radius 2 is 1.97 bits per heavy atom. The van der Waals surface area contributed by atoms with Crippen LogP contribution in [0.5, 0.6) is 5.75 Å². The number of thiazole rings is 1. The summed E-state index contributed by atoms with van der Waals surface area (Å²) in [5, 5.41) is 10.1. The van der Waals surface area contributed by atoms with E-state index < -0.39 is 12.0 Å². The molecule has 0 spiro atoms. The Hall–Kier alpha value is -3.10. The number of aromatic hydroxyl groups is 1. The minimum Gasteiger partial charge on any atom is -0.507 e. The normalized spacial score (nSPS) is 16.0. The van der Waals surface area contributed by atoms with E-state index in [-0.39, 0.29) is 17.9 Å². The number of hydrogen-bond acceptors (Lipinski definition) is 7. The number of carbonyl (C=O) groups excluding carboxylic acids is 1. The minimum absolute atomic E-state index is 0.0888. The summed E-state index contributed by atoms with van der Waals surface area (Å²) in [5.41, 5.74) is 1.95. The fraction of sp³-hybridized carbons (Fsp3) is 0.208. The summed E-state index contributed by atoms with van der Waals surface area (Å²) in [5.74, 6) is -0.395. The molecule has 0 amide bonds. The van der Waals surface area contributed by atoms with Gasteiger partial charge in [0, 0.05) is 10.5 Å². The van der Waals surface area contributed by atoms with Gasteiger partial charge in [-0.3, -0.25) is 9.36 Å². The highest BCUT2D eigenvalue weighted by Gasteiger charge is 2.33. The summed E-state index contributed by atoms with van der Waals surface area (Å²) in [6.45, 7) is 3.73. The molecule has 8 heteroatoms. The van der Waals surface area contributed by atoms with Crippen LogP contribution in [0, 0.1) is 0 Å². The number of para-hydroxylation sites is 1. The maximum Gasteiger partial charge on any atom is 0.338 e. The van der Waals surface area contributed by atoms with E-state index in [2.05, 4.69) is 4.99 Å². The van der Waals surface area contributed by atoms with Crippen LogP contribution >= 0.6 is 23.1 Å². The van der Waals surface area contributed by atoms with Gasteiger partial charge < -0.3 is 9.84 Å². The minimum atomic E-state index is -0.646. The molecule has 1 atom stereocenters. The van der Waals surface area contributed by atoms with Crippen molar-refractivity contribution in [3.63, 3.8) is 0 Å². The average Bonchev–Trinajstić information content (AvgIpc) is 3.09. The topological polar surface area (TPSA) is 80.9 Å². The van der Waals surface area contributed by atoms with Gasteiger partial charge in [0.2, 0.25) is 0 Å². The van der Waals surface area contributed by atoms with E-state index in [1.165, 1.54) is 11.3 Å². The molecular weight excluding hydrogens is 444 g/mol. The first-order valence-electron chi connectivity index (χ1n) is 10.1. The summed E-state index contributed by atoms with van der Waals surface area (Å²) in [7, 11) is 0. The zero-order valence-electron chi connectivity index (χ0n) is 17.9. The van der Waals surface area contributed by atoms with Crippen molar-refractivity contribution in [2.75, 3.05) is 12.9 Å². The highest BCUT2D eigenvalue weighted by molar-refractivity contribution is 7.98. The first kappa shape index (κ1) is 22.1. The number of esters is 1. The third kappa shape index (κ3) is 4.03. The summed E-state index contributed by atoms with van der Waals surface area (Å²) < 4.78 is 7.28. The zero-order valence-corrected chi connectivity index (χ0v) is 19.5. The highest BCUT2D eigenvalue weighted by atomic mass is 32.2. The Morgan fingerprint density at radius 1 is 1.25 bits per heavy atom. The molecule has 1 aromatic heterocycles. The number of benzene rings is 2. The molecule has 1 aliphatic heterocycles. The van der Waals surface area contributed by atoms with E-state index in [1.807, 2.05) is 30.5 Å². The second-order valence-electron chi connectivity index (χ2n) is 7.13. The molecule has 2 aromatic carbocycles.